The number of rotatable bonds is 3. The highest BCUT2D eigenvalue weighted by Crippen LogP contribution is 2.30. The number of nitrogens with zero attached hydrogens (tertiary/aromatic N) is 1. The monoisotopic (exact) mass is 258 g/mol. The first-order chi connectivity index (χ1) is 7.71. The van der Waals surface area contributed by atoms with Gasteiger partial charge in [-0.2, -0.15) is 11.8 Å². The molecule has 102 valence electrons. The second-order valence-electron chi connectivity index (χ2n) is 6.96. The Morgan fingerprint density at radius 3 is 2.53 bits per heavy atom. The van der Waals surface area contributed by atoms with E-state index in [4.69, 9.17) is 5.73 Å². The molecule has 1 fully saturated rings. The summed E-state index contributed by atoms with van der Waals surface area (Å²) in [6, 6.07) is 0.311. The Kier molecular flexibility index (Phi) is 5.36. The summed E-state index contributed by atoms with van der Waals surface area (Å²) in [4.78, 5) is 2.59. The molecule has 0 amide bonds. The lowest BCUT2D eigenvalue weighted by atomic mass is 9.85. The second-order valence-corrected chi connectivity index (χ2v) is 8.76. The topological polar surface area (TPSA) is 29.3 Å². The lowest BCUT2D eigenvalue weighted by molar-refractivity contribution is 0.233. The molecule has 2 nitrogen and oxygen atoms in total. The minimum Gasteiger partial charge on any atom is -0.327 e. The predicted octanol–water partition coefficient (Wildman–Crippen LogP) is 2.97. The fourth-order valence-electron chi connectivity index (χ4n) is 2.04. The van der Waals surface area contributed by atoms with Crippen molar-refractivity contribution >= 4 is 11.8 Å². The first kappa shape index (κ1) is 15.3. The minimum atomic E-state index is 0.236. The van der Waals surface area contributed by atoms with Crippen molar-refractivity contribution in [3.8, 4) is 0 Å². The van der Waals surface area contributed by atoms with Gasteiger partial charge in [-0.3, -0.25) is 0 Å². The van der Waals surface area contributed by atoms with Gasteiger partial charge >= 0.3 is 0 Å². The van der Waals surface area contributed by atoms with E-state index in [9.17, 15) is 0 Å². The van der Waals surface area contributed by atoms with Gasteiger partial charge in [-0.15, -0.1) is 0 Å². The SMILES string of the molecule is CC1(C)CCN(CCC(N)C(C)(C)C)CCS1. The summed E-state index contributed by atoms with van der Waals surface area (Å²) in [7, 11) is 0. The zero-order valence-electron chi connectivity index (χ0n) is 12.3. The van der Waals surface area contributed by atoms with E-state index in [1.807, 2.05) is 0 Å². The molecule has 1 heterocycles. The summed E-state index contributed by atoms with van der Waals surface area (Å²) in [6.07, 6.45) is 2.41. The number of thioether (sulfide) groups is 1. The summed E-state index contributed by atoms with van der Waals surface area (Å²) < 4.78 is 0.459. The molecule has 0 aliphatic carbocycles. The van der Waals surface area contributed by atoms with Crippen LogP contribution in [0.1, 0.15) is 47.5 Å². The van der Waals surface area contributed by atoms with Crippen LogP contribution in [0.3, 0.4) is 0 Å². The van der Waals surface area contributed by atoms with Gasteiger partial charge in [0.15, 0.2) is 0 Å². The Labute approximate surface area is 112 Å². The van der Waals surface area contributed by atoms with Crippen molar-refractivity contribution in [3.05, 3.63) is 0 Å². The summed E-state index contributed by atoms with van der Waals surface area (Å²) in [5, 5.41) is 0. The summed E-state index contributed by atoms with van der Waals surface area (Å²) in [5.74, 6) is 1.26. The normalized spacial score (nSPS) is 24.4. The maximum atomic E-state index is 6.23. The summed E-state index contributed by atoms with van der Waals surface area (Å²) in [5.41, 5.74) is 6.46. The second kappa shape index (κ2) is 5.94. The molecule has 1 saturated heterocycles. The Hall–Kier alpha value is 0.270. The number of nitrogens with two attached hydrogens (primary N) is 1. The van der Waals surface area contributed by atoms with Crippen LogP contribution in [-0.2, 0) is 0 Å². The van der Waals surface area contributed by atoms with Crippen molar-refractivity contribution in [3.63, 3.8) is 0 Å². The third kappa shape index (κ3) is 5.62. The Morgan fingerprint density at radius 1 is 1.29 bits per heavy atom. The van der Waals surface area contributed by atoms with Crippen molar-refractivity contribution in [1.29, 1.82) is 0 Å². The van der Waals surface area contributed by atoms with E-state index >= 15 is 0 Å². The van der Waals surface area contributed by atoms with E-state index in [2.05, 4.69) is 51.3 Å². The van der Waals surface area contributed by atoms with E-state index in [1.54, 1.807) is 0 Å². The third-order valence-electron chi connectivity index (χ3n) is 3.80. The van der Waals surface area contributed by atoms with Crippen molar-refractivity contribution in [2.45, 2.75) is 58.2 Å². The Balaban J connectivity index is 2.33. The smallest absolute Gasteiger partial charge is 0.0116 e. The van der Waals surface area contributed by atoms with Crippen LogP contribution < -0.4 is 5.73 Å². The first-order valence-corrected chi connectivity index (χ1v) is 7.81. The molecule has 0 aromatic rings. The van der Waals surface area contributed by atoms with E-state index in [-0.39, 0.29) is 5.41 Å². The summed E-state index contributed by atoms with van der Waals surface area (Å²) >= 11 is 2.11. The molecule has 1 aliphatic heterocycles. The van der Waals surface area contributed by atoms with Crippen LogP contribution in [0.4, 0.5) is 0 Å². The zero-order chi connectivity index (χ0) is 13.1. The van der Waals surface area contributed by atoms with Crippen LogP contribution in [0.25, 0.3) is 0 Å². The molecule has 17 heavy (non-hydrogen) atoms. The van der Waals surface area contributed by atoms with Gasteiger partial charge in [0.2, 0.25) is 0 Å². The van der Waals surface area contributed by atoms with Crippen LogP contribution in [0, 0.1) is 5.41 Å². The Morgan fingerprint density at radius 2 is 1.94 bits per heavy atom. The lowest BCUT2D eigenvalue weighted by Gasteiger charge is -2.29. The van der Waals surface area contributed by atoms with Crippen LogP contribution in [-0.4, -0.2) is 41.1 Å². The van der Waals surface area contributed by atoms with Gasteiger partial charge in [0, 0.05) is 23.1 Å². The molecule has 0 bridgehead atoms. The molecular formula is C14H30N2S. The van der Waals surface area contributed by atoms with Crippen molar-refractivity contribution in [2.24, 2.45) is 11.1 Å². The van der Waals surface area contributed by atoms with E-state index in [1.165, 1.54) is 25.3 Å². The zero-order valence-corrected chi connectivity index (χ0v) is 13.1. The minimum absolute atomic E-state index is 0.236. The van der Waals surface area contributed by atoms with E-state index in [0.717, 1.165) is 13.0 Å². The Bertz CT molecular complexity index is 233. The number of hydrogen-bond donors (Lipinski definition) is 1. The highest BCUT2D eigenvalue weighted by molar-refractivity contribution is 8.00. The molecule has 0 aromatic heterocycles. The third-order valence-corrected chi connectivity index (χ3v) is 5.17. The van der Waals surface area contributed by atoms with Crippen molar-refractivity contribution in [2.75, 3.05) is 25.4 Å². The van der Waals surface area contributed by atoms with Crippen molar-refractivity contribution < 1.29 is 0 Å². The largest absolute Gasteiger partial charge is 0.327 e. The molecule has 1 atom stereocenters. The van der Waals surface area contributed by atoms with E-state index < -0.39 is 0 Å². The quantitative estimate of drug-likeness (QED) is 0.844. The summed E-state index contributed by atoms with van der Waals surface area (Å²) in [6.45, 7) is 15.1. The predicted molar refractivity (Wildman–Crippen MR) is 79.6 cm³/mol. The first-order valence-electron chi connectivity index (χ1n) is 6.83. The standard InChI is InChI=1S/C14H30N2S/c1-13(2,3)12(15)6-8-16-9-7-14(4,5)17-11-10-16/h12H,6-11,15H2,1-5H3. The highest BCUT2D eigenvalue weighted by Gasteiger charge is 2.25. The van der Waals surface area contributed by atoms with Gasteiger partial charge in [-0.25, -0.2) is 0 Å². The molecular weight excluding hydrogens is 228 g/mol. The average Bonchev–Trinajstić information content (AvgIpc) is 2.34. The maximum Gasteiger partial charge on any atom is 0.0116 e. The molecule has 0 saturated carbocycles. The van der Waals surface area contributed by atoms with Crippen LogP contribution >= 0.6 is 11.8 Å². The van der Waals surface area contributed by atoms with Crippen molar-refractivity contribution in [1.82, 2.24) is 4.90 Å². The fraction of sp³-hybridized carbons (Fsp3) is 1.00. The molecule has 0 aromatic carbocycles. The van der Waals surface area contributed by atoms with Gasteiger partial charge in [-0.05, 0) is 31.3 Å². The van der Waals surface area contributed by atoms with Gasteiger partial charge in [0.1, 0.15) is 0 Å². The maximum absolute atomic E-state index is 6.23. The molecule has 1 rings (SSSR count). The lowest BCUT2D eigenvalue weighted by Crippen LogP contribution is -2.39. The molecule has 1 unspecified atom stereocenters. The fourth-order valence-corrected chi connectivity index (χ4v) is 3.18. The molecule has 0 spiro atoms. The van der Waals surface area contributed by atoms with Crippen LogP contribution in [0.15, 0.2) is 0 Å². The molecule has 0 radical (unpaired) electrons. The van der Waals surface area contributed by atoms with E-state index in [0.29, 0.717) is 10.8 Å². The molecule has 2 N–H and O–H groups in total. The average molecular weight is 258 g/mol. The van der Waals surface area contributed by atoms with Gasteiger partial charge in [0.05, 0.1) is 0 Å². The number of hydrogen-bond acceptors (Lipinski definition) is 3. The van der Waals surface area contributed by atoms with Gasteiger partial charge < -0.3 is 10.6 Å². The van der Waals surface area contributed by atoms with Crippen LogP contribution in [0.2, 0.25) is 0 Å². The highest BCUT2D eigenvalue weighted by atomic mass is 32.2. The molecule has 1 aliphatic rings. The van der Waals surface area contributed by atoms with Gasteiger partial charge in [0.25, 0.3) is 0 Å². The van der Waals surface area contributed by atoms with Gasteiger partial charge in [-0.1, -0.05) is 34.6 Å². The van der Waals surface area contributed by atoms with Crippen LogP contribution in [0.5, 0.6) is 0 Å². The molecule has 3 heteroatoms.